The third kappa shape index (κ3) is 3.74. The zero-order valence-corrected chi connectivity index (χ0v) is 11.7. The largest absolute Gasteiger partial charge is 0.325 e. The van der Waals surface area contributed by atoms with E-state index < -0.39 is 0 Å². The van der Waals surface area contributed by atoms with Crippen molar-refractivity contribution in [1.29, 1.82) is 0 Å². The van der Waals surface area contributed by atoms with Gasteiger partial charge in [0.1, 0.15) is 0 Å². The number of rotatable bonds is 5. The maximum Gasteiger partial charge on any atom is 0.321 e. The Kier molecular flexibility index (Phi) is 5.65. The summed E-state index contributed by atoms with van der Waals surface area (Å²) in [7, 11) is 1.92. The van der Waals surface area contributed by atoms with E-state index in [4.69, 9.17) is 0 Å². The van der Waals surface area contributed by atoms with Crippen LogP contribution in [0.3, 0.4) is 0 Å². The average Bonchev–Trinajstić information content (AvgIpc) is 2.39. The maximum atomic E-state index is 11.9. The summed E-state index contributed by atoms with van der Waals surface area (Å²) in [6, 6.07) is 8.15. The van der Waals surface area contributed by atoms with Gasteiger partial charge in [0.2, 0.25) is 0 Å². The maximum absolute atomic E-state index is 11.9. The van der Waals surface area contributed by atoms with E-state index in [1.807, 2.05) is 45.2 Å². The molecule has 18 heavy (non-hydrogen) atoms. The number of nitrogens with zero attached hydrogens (tertiary/aromatic N) is 1. The van der Waals surface area contributed by atoms with Gasteiger partial charge in [-0.05, 0) is 45.5 Å². The lowest BCUT2D eigenvalue weighted by Crippen LogP contribution is -2.34. The lowest BCUT2D eigenvalue weighted by molar-refractivity contribution is 0.217. The number of hydrogen-bond acceptors (Lipinski definition) is 2. The van der Waals surface area contributed by atoms with Crippen LogP contribution >= 0.6 is 0 Å². The van der Waals surface area contributed by atoms with E-state index >= 15 is 0 Å². The van der Waals surface area contributed by atoms with Crippen LogP contribution in [0.5, 0.6) is 0 Å². The molecule has 0 saturated carbocycles. The summed E-state index contributed by atoms with van der Waals surface area (Å²) in [4.78, 5) is 13.7. The number of carbonyl (C=O) groups is 1. The van der Waals surface area contributed by atoms with E-state index in [9.17, 15) is 4.79 Å². The van der Waals surface area contributed by atoms with Gasteiger partial charge in [-0.2, -0.15) is 0 Å². The number of nitrogens with one attached hydrogen (secondary N) is 2. The lowest BCUT2D eigenvalue weighted by Gasteiger charge is -2.20. The summed E-state index contributed by atoms with van der Waals surface area (Å²) in [5, 5.41) is 6.11. The molecule has 0 bridgehead atoms. The van der Waals surface area contributed by atoms with Crippen LogP contribution in [0.1, 0.15) is 32.4 Å². The van der Waals surface area contributed by atoms with Crippen LogP contribution in [-0.2, 0) is 0 Å². The predicted molar refractivity (Wildman–Crippen MR) is 75.9 cm³/mol. The molecule has 0 aromatic heterocycles. The lowest BCUT2D eigenvalue weighted by atomic mass is 10.1. The molecule has 2 amide bonds. The fourth-order valence-corrected chi connectivity index (χ4v) is 1.77. The van der Waals surface area contributed by atoms with Gasteiger partial charge in [-0.25, -0.2) is 4.79 Å². The summed E-state index contributed by atoms with van der Waals surface area (Å²) in [6.45, 7) is 7.47. The first-order valence-electron chi connectivity index (χ1n) is 6.45. The molecule has 0 saturated heterocycles. The van der Waals surface area contributed by atoms with Gasteiger partial charge >= 0.3 is 6.03 Å². The van der Waals surface area contributed by atoms with Crippen molar-refractivity contribution in [3.8, 4) is 0 Å². The van der Waals surface area contributed by atoms with Gasteiger partial charge in [0.25, 0.3) is 0 Å². The molecule has 0 aliphatic rings. The van der Waals surface area contributed by atoms with Crippen LogP contribution < -0.4 is 10.6 Å². The Hall–Kier alpha value is -1.55. The first kappa shape index (κ1) is 14.5. The van der Waals surface area contributed by atoms with Crippen LogP contribution in [0.25, 0.3) is 0 Å². The Morgan fingerprint density at radius 1 is 1.33 bits per heavy atom. The van der Waals surface area contributed by atoms with Crippen molar-refractivity contribution in [3.63, 3.8) is 0 Å². The zero-order valence-electron chi connectivity index (χ0n) is 11.7. The van der Waals surface area contributed by atoms with Crippen LogP contribution in [0.2, 0.25) is 0 Å². The third-order valence-electron chi connectivity index (χ3n) is 3.12. The number of amides is 2. The van der Waals surface area contributed by atoms with E-state index in [2.05, 4.69) is 17.6 Å². The molecule has 0 fully saturated rings. The minimum absolute atomic E-state index is 0.0470. The number of hydrogen-bond donors (Lipinski definition) is 2. The van der Waals surface area contributed by atoms with Gasteiger partial charge in [-0.1, -0.05) is 12.1 Å². The van der Waals surface area contributed by atoms with Crippen LogP contribution in [-0.4, -0.2) is 31.1 Å². The molecular formula is C14H23N3O. The van der Waals surface area contributed by atoms with Crippen molar-refractivity contribution in [3.05, 3.63) is 29.8 Å². The predicted octanol–water partition coefficient (Wildman–Crippen LogP) is 2.84. The van der Waals surface area contributed by atoms with Gasteiger partial charge < -0.3 is 15.5 Å². The highest BCUT2D eigenvalue weighted by atomic mass is 16.2. The second-order valence-corrected chi connectivity index (χ2v) is 4.24. The van der Waals surface area contributed by atoms with E-state index in [1.165, 1.54) is 0 Å². The summed E-state index contributed by atoms with van der Waals surface area (Å²) < 4.78 is 0. The third-order valence-corrected chi connectivity index (χ3v) is 3.12. The molecule has 1 aromatic rings. The first-order valence-corrected chi connectivity index (χ1v) is 6.45. The van der Waals surface area contributed by atoms with Crippen molar-refractivity contribution in [2.45, 2.75) is 26.8 Å². The molecule has 0 aliphatic carbocycles. The van der Waals surface area contributed by atoms with Crippen molar-refractivity contribution >= 4 is 11.7 Å². The van der Waals surface area contributed by atoms with Crippen LogP contribution in [0, 0.1) is 0 Å². The fraction of sp³-hybridized carbons (Fsp3) is 0.500. The monoisotopic (exact) mass is 249 g/mol. The van der Waals surface area contributed by atoms with Crippen molar-refractivity contribution in [2.24, 2.45) is 0 Å². The number of benzene rings is 1. The summed E-state index contributed by atoms with van der Waals surface area (Å²) in [5.41, 5.74) is 2.00. The summed E-state index contributed by atoms with van der Waals surface area (Å²) >= 11 is 0. The average molecular weight is 249 g/mol. The van der Waals surface area contributed by atoms with Gasteiger partial charge in [0.05, 0.1) is 0 Å². The summed E-state index contributed by atoms with van der Waals surface area (Å²) in [6.07, 6.45) is 0. The number of urea groups is 1. The SMILES string of the molecule is CCN(CC)C(=O)Nc1cccc(C(C)NC)c1. The molecule has 1 unspecified atom stereocenters. The topological polar surface area (TPSA) is 44.4 Å². The Labute approximate surface area is 109 Å². The van der Waals surface area contributed by atoms with Crippen LogP contribution in [0.4, 0.5) is 10.5 Å². The molecule has 0 aliphatic heterocycles. The molecule has 4 heteroatoms. The fourth-order valence-electron chi connectivity index (χ4n) is 1.77. The minimum atomic E-state index is -0.0470. The Balaban J connectivity index is 2.76. The van der Waals surface area contributed by atoms with E-state index in [0.29, 0.717) is 0 Å². The standard InChI is InChI=1S/C14H23N3O/c1-5-17(6-2)14(18)16-13-9-7-8-12(10-13)11(3)15-4/h7-11,15H,5-6H2,1-4H3,(H,16,18). The normalized spacial score (nSPS) is 12.0. The van der Waals surface area contributed by atoms with Gasteiger partial charge in [-0.3, -0.25) is 0 Å². The molecule has 0 spiro atoms. The molecule has 0 heterocycles. The molecule has 100 valence electrons. The molecule has 1 rings (SSSR count). The summed E-state index contributed by atoms with van der Waals surface area (Å²) in [5.74, 6) is 0. The van der Waals surface area contributed by atoms with Gasteiger partial charge in [-0.15, -0.1) is 0 Å². The van der Waals surface area contributed by atoms with E-state index in [1.54, 1.807) is 4.90 Å². The van der Waals surface area contributed by atoms with E-state index in [0.717, 1.165) is 24.3 Å². The minimum Gasteiger partial charge on any atom is -0.325 e. The van der Waals surface area contributed by atoms with Crippen LogP contribution in [0.15, 0.2) is 24.3 Å². The molecule has 2 N–H and O–H groups in total. The highest BCUT2D eigenvalue weighted by Gasteiger charge is 2.10. The van der Waals surface area contributed by atoms with Gasteiger partial charge in [0, 0.05) is 24.8 Å². The number of carbonyl (C=O) groups excluding carboxylic acids is 1. The van der Waals surface area contributed by atoms with Gasteiger partial charge in [0.15, 0.2) is 0 Å². The van der Waals surface area contributed by atoms with Crippen molar-refractivity contribution in [2.75, 3.05) is 25.5 Å². The molecule has 1 atom stereocenters. The molecule has 1 aromatic carbocycles. The zero-order chi connectivity index (χ0) is 13.5. The van der Waals surface area contributed by atoms with E-state index in [-0.39, 0.29) is 12.1 Å². The Bertz CT molecular complexity index is 388. The second kappa shape index (κ2) is 7.01. The van der Waals surface area contributed by atoms with Crippen molar-refractivity contribution < 1.29 is 4.79 Å². The quantitative estimate of drug-likeness (QED) is 0.842. The number of anilines is 1. The Morgan fingerprint density at radius 2 is 2.00 bits per heavy atom. The highest BCUT2D eigenvalue weighted by molar-refractivity contribution is 5.89. The molecule has 4 nitrogen and oxygen atoms in total. The molecular weight excluding hydrogens is 226 g/mol. The highest BCUT2D eigenvalue weighted by Crippen LogP contribution is 2.17. The second-order valence-electron chi connectivity index (χ2n) is 4.24. The van der Waals surface area contributed by atoms with Crippen molar-refractivity contribution in [1.82, 2.24) is 10.2 Å². The molecule has 0 radical (unpaired) electrons. The smallest absolute Gasteiger partial charge is 0.321 e. The first-order chi connectivity index (χ1) is 8.62. The Morgan fingerprint density at radius 3 is 2.56 bits per heavy atom.